The summed E-state index contributed by atoms with van der Waals surface area (Å²) < 4.78 is 14.6. The van der Waals surface area contributed by atoms with E-state index in [0.29, 0.717) is 37.7 Å². The summed E-state index contributed by atoms with van der Waals surface area (Å²) >= 11 is 0. The van der Waals surface area contributed by atoms with Crippen LogP contribution in [0, 0.1) is 0 Å². The Morgan fingerprint density at radius 3 is 2.79 bits per heavy atom. The van der Waals surface area contributed by atoms with Gasteiger partial charge in [-0.1, -0.05) is 0 Å². The van der Waals surface area contributed by atoms with Crippen LogP contribution >= 0.6 is 0 Å². The van der Waals surface area contributed by atoms with Crippen LogP contribution in [0.3, 0.4) is 0 Å². The highest BCUT2D eigenvalue weighted by atomic mass is 16.6. The molecule has 0 spiro atoms. The van der Waals surface area contributed by atoms with E-state index in [4.69, 9.17) is 9.47 Å². The highest BCUT2D eigenvalue weighted by Gasteiger charge is 2.39. The molecule has 150 valence electrons. The van der Waals surface area contributed by atoms with Crippen LogP contribution in [0.1, 0.15) is 38.4 Å². The van der Waals surface area contributed by atoms with Crippen LogP contribution in [0.2, 0.25) is 0 Å². The Hall–Kier alpha value is -3.04. The van der Waals surface area contributed by atoms with Gasteiger partial charge in [-0.2, -0.15) is 5.10 Å². The number of nitrogens with zero attached hydrogens (tertiary/aromatic N) is 6. The minimum Gasteiger partial charge on any atom is -0.444 e. The third kappa shape index (κ3) is 3.30. The Kier molecular flexibility index (Phi) is 4.28. The molecule has 10 nitrogen and oxygen atoms in total. The maximum Gasteiger partial charge on any atom is 0.415 e. The number of cyclic esters (lactones) is 1. The molecule has 0 aromatic carbocycles. The molecule has 1 atom stereocenters. The van der Waals surface area contributed by atoms with E-state index in [1.165, 1.54) is 0 Å². The first kappa shape index (κ1) is 18.3. The first-order valence-electron chi connectivity index (χ1n) is 9.21. The number of aryl methyl sites for hydroxylation is 1. The second kappa shape index (κ2) is 6.54. The minimum absolute atomic E-state index is 0.321. The topological polar surface area (TPSA) is 94.7 Å². The van der Waals surface area contributed by atoms with Crippen molar-refractivity contribution in [2.75, 3.05) is 18.0 Å². The molecule has 4 rings (SSSR count). The predicted octanol–water partition coefficient (Wildman–Crippen LogP) is 2.07. The lowest BCUT2D eigenvalue weighted by atomic mass is 10.2. The van der Waals surface area contributed by atoms with E-state index < -0.39 is 17.8 Å². The zero-order valence-electron chi connectivity index (χ0n) is 16.5. The van der Waals surface area contributed by atoms with Crippen LogP contribution in [-0.4, -0.2) is 55.1 Å². The summed E-state index contributed by atoms with van der Waals surface area (Å²) in [6.45, 7) is 7.22. The molecule has 0 saturated carbocycles. The van der Waals surface area contributed by atoms with Crippen molar-refractivity contribution in [3.05, 3.63) is 30.1 Å². The maximum absolute atomic E-state index is 12.5. The molecule has 2 aromatic heterocycles. The number of carbonyl (C=O) groups excluding carboxylic acids is 2. The van der Waals surface area contributed by atoms with Gasteiger partial charge in [-0.3, -0.25) is 9.58 Å². The lowest BCUT2D eigenvalue weighted by molar-refractivity contribution is 0.0195. The van der Waals surface area contributed by atoms with Gasteiger partial charge in [0.15, 0.2) is 11.9 Å². The summed E-state index contributed by atoms with van der Waals surface area (Å²) in [5, 5.41) is 4.38. The van der Waals surface area contributed by atoms with Crippen molar-refractivity contribution in [3.63, 3.8) is 0 Å². The molecule has 4 heterocycles. The van der Waals surface area contributed by atoms with Crippen LogP contribution < -0.4 is 4.90 Å². The highest BCUT2D eigenvalue weighted by molar-refractivity contribution is 5.90. The SMILES string of the molecule is Cn1ccnc1C1CN(c2cnn3c2CN(C(=O)OC(C)(C)C)CC3)C(=O)O1. The molecular weight excluding hydrogens is 364 g/mol. The lowest BCUT2D eigenvalue weighted by Gasteiger charge is -2.31. The third-order valence-electron chi connectivity index (χ3n) is 4.75. The van der Waals surface area contributed by atoms with Crippen LogP contribution in [0.4, 0.5) is 15.3 Å². The molecule has 2 aromatic rings. The van der Waals surface area contributed by atoms with Gasteiger partial charge in [-0.15, -0.1) is 0 Å². The number of hydrogen-bond donors (Lipinski definition) is 0. The number of hydrogen-bond acceptors (Lipinski definition) is 6. The van der Waals surface area contributed by atoms with Gasteiger partial charge in [0, 0.05) is 26.0 Å². The molecule has 0 radical (unpaired) electrons. The van der Waals surface area contributed by atoms with E-state index in [2.05, 4.69) is 10.1 Å². The number of fused-ring (bicyclic) bond motifs is 1. The molecule has 0 bridgehead atoms. The summed E-state index contributed by atoms with van der Waals surface area (Å²) in [5.41, 5.74) is 0.871. The smallest absolute Gasteiger partial charge is 0.415 e. The number of imidazole rings is 1. The first-order chi connectivity index (χ1) is 13.2. The normalized spacial score (nSPS) is 19.6. The Morgan fingerprint density at radius 2 is 2.11 bits per heavy atom. The molecule has 2 aliphatic rings. The number of amides is 2. The molecule has 0 aliphatic carbocycles. The number of ether oxygens (including phenoxy) is 2. The zero-order valence-corrected chi connectivity index (χ0v) is 16.5. The van der Waals surface area contributed by atoms with Crippen molar-refractivity contribution in [2.45, 2.75) is 45.6 Å². The van der Waals surface area contributed by atoms with Gasteiger partial charge >= 0.3 is 12.2 Å². The van der Waals surface area contributed by atoms with Gasteiger partial charge in [-0.25, -0.2) is 14.6 Å². The maximum atomic E-state index is 12.5. The van der Waals surface area contributed by atoms with Crippen molar-refractivity contribution in [3.8, 4) is 0 Å². The van der Waals surface area contributed by atoms with Crippen LogP contribution in [0.25, 0.3) is 0 Å². The van der Waals surface area contributed by atoms with Gasteiger partial charge in [0.05, 0.1) is 37.2 Å². The monoisotopic (exact) mass is 388 g/mol. The summed E-state index contributed by atoms with van der Waals surface area (Å²) in [7, 11) is 1.86. The van der Waals surface area contributed by atoms with E-state index >= 15 is 0 Å². The molecule has 2 aliphatic heterocycles. The second-order valence-corrected chi connectivity index (χ2v) is 7.98. The Balaban J connectivity index is 1.54. The Labute approximate surface area is 162 Å². The number of aromatic nitrogens is 4. The van der Waals surface area contributed by atoms with E-state index in [-0.39, 0.29) is 6.09 Å². The van der Waals surface area contributed by atoms with E-state index in [1.807, 2.05) is 43.3 Å². The highest BCUT2D eigenvalue weighted by Crippen LogP contribution is 2.33. The predicted molar refractivity (Wildman–Crippen MR) is 98.6 cm³/mol. The van der Waals surface area contributed by atoms with Crippen molar-refractivity contribution < 1.29 is 19.1 Å². The van der Waals surface area contributed by atoms with E-state index in [0.717, 1.165) is 5.69 Å². The largest absolute Gasteiger partial charge is 0.444 e. The van der Waals surface area contributed by atoms with Crippen molar-refractivity contribution in [2.24, 2.45) is 7.05 Å². The van der Waals surface area contributed by atoms with Gasteiger partial charge in [0.25, 0.3) is 0 Å². The van der Waals surface area contributed by atoms with Gasteiger partial charge in [0.1, 0.15) is 5.60 Å². The Morgan fingerprint density at radius 1 is 1.32 bits per heavy atom. The van der Waals surface area contributed by atoms with Crippen molar-refractivity contribution in [1.29, 1.82) is 0 Å². The minimum atomic E-state index is -0.564. The number of carbonyl (C=O) groups is 2. The van der Waals surface area contributed by atoms with Gasteiger partial charge in [-0.05, 0) is 20.8 Å². The molecule has 2 amide bonds. The standard InChI is InChI=1S/C18H24N6O4/c1-18(2,3)28-16(25)22-7-8-24-13(10-22)12(9-20-24)23-11-14(27-17(23)26)15-19-5-6-21(15)4/h5-6,9,14H,7-8,10-11H2,1-4H3. The zero-order chi connectivity index (χ0) is 20.1. The summed E-state index contributed by atoms with van der Waals surface area (Å²) in [5.74, 6) is 0.687. The number of rotatable bonds is 2. The fourth-order valence-corrected chi connectivity index (χ4v) is 3.42. The van der Waals surface area contributed by atoms with Crippen LogP contribution in [-0.2, 0) is 29.6 Å². The van der Waals surface area contributed by atoms with Crippen molar-refractivity contribution in [1.82, 2.24) is 24.2 Å². The summed E-state index contributed by atoms with van der Waals surface area (Å²) in [4.78, 5) is 32.4. The van der Waals surface area contributed by atoms with E-state index in [1.54, 1.807) is 22.2 Å². The fraction of sp³-hybridized carbons (Fsp3) is 0.556. The van der Waals surface area contributed by atoms with Gasteiger partial charge in [0.2, 0.25) is 0 Å². The summed E-state index contributed by atoms with van der Waals surface area (Å²) in [6, 6.07) is 0. The lowest BCUT2D eigenvalue weighted by Crippen LogP contribution is -2.42. The molecule has 1 fully saturated rings. The number of anilines is 1. The molecular formula is C18H24N6O4. The van der Waals surface area contributed by atoms with Crippen LogP contribution in [0.15, 0.2) is 18.6 Å². The van der Waals surface area contributed by atoms with Crippen molar-refractivity contribution >= 4 is 17.9 Å². The summed E-state index contributed by atoms with van der Waals surface area (Å²) in [6.07, 6.45) is 3.86. The average Bonchev–Trinajstić information content (AvgIpc) is 3.30. The molecule has 0 N–H and O–H groups in total. The van der Waals surface area contributed by atoms with E-state index in [9.17, 15) is 9.59 Å². The quantitative estimate of drug-likeness (QED) is 0.782. The average molecular weight is 388 g/mol. The second-order valence-electron chi connectivity index (χ2n) is 7.98. The third-order valence-corrected chi connectivity index (χ3v) is 4.75. The molecule has 28 heavy (non-hydrogen) atoms. The van der Waals surface area contributed by atoms with Gasteiger partial charge < -0.3 is 18.9 Å². The molecule has 1 unspecified atom stereocenters. The molecule has 10 heteroatoms. The fourth-order valence-electron chi connectivity index (χ4n) is 3.42. The Bertz CT molecular complexity index is 912. The first-order valence-corrected chi connectivity index (χ1v) is 9.21. The molecule has 1 saturated heterocycles. The van der Waals surface area contributed by atoms with Crippen LogP contribution in [0.5, 0.6) is 0 Å².